The molecule has 2 aliphatic rings. The molecule has 0 bridgehead atoms. The van der Waals surface area contributed by atoms with E-state index >= 15 is 0 Å². The van der Waals surface area contributed by atoms with Gasteiger partial charge in [0, 0.05) is 16.5 Å². The average Bonchev–Trinajstić information content (AvgIpc) is 3.45. The van der Waals surface area contributed by atoms with Crippen LogP contribution < -0.4 is 11.4 Å². The molecule has 1 heterocycles. The third-order valence-corrected chi connectivity index (χ3v) is 6.54. The Labute approximate surface area is 163 Å². The van der Waals surface area contributed by atoms with Gasteiger partial charge in [-0.2, -0.15) is 4.98 Å². The molecule has 2 saturated carbocycles. The summed E-state index contributed by atoms with van der Waals surface area (Å²) >= 11 is 6.43. The van der Waals surface area contributed by atoms with E-state index in [9.17, 15) is 4.79 Å². The van der Waals surface area contributed by atoms with Crippen molar-refractivity contribution < 1.29 is 0 Å². The van der Waals surface area contributed by atoms with Gasteiger partial charge in [-0.15, -0.1) is 0 Å². The number of nitrogen functional groups attached to an aromatic ring is 1. The average molecular weight is 380 g/mol. The SMILES string of the molecule is CC1(c2nc(=O)n(-c3ccccc3Cl)c3cc(C4CC4)cc(N)c23)CCC1. The molecule has 5 rings (SSSR count). The summed E-state index contributed by atoms with van der Waals surface area (Å²) in [6.07, 6.45) is 5.59. The van der Waals surface area contributed by atoms with Crippen molar-refractivity contribution in [1.29, 1.82) is 0 Å². The van der Waals surface area contributed by atoms with Crippen molar-refractivity contribution in [3.8, 4) is 5.69 Å². The largest absolute Gasteiger partial charge is 0.398 e. The number of aromatic nitrogens is 2. The van der Waals surface area contributed by atoms with Crippen LogP contribution in [0.2, 0.25) is 5.02 Å². The zero-order chi connectivity index (χ0) is 18.8. The normalized spacial score (nSPS) is 18.4. The number of nitrogens with zero attached hydrogens (tertiary/aromatic N) is 2. The molecule has 0 atom stereocenters. The summed E-state index contributed by atoms with van der Waals surface area (Å²) in [7, 11) is 0. The van der Waals surface area contributed by atoms with Crippen LogP contribution >= 0.6 is 11.6 Å². The first kappa shape index (κ1) is 16.8. The molecule has 2 aliphatic carbocycles. The van der Waals surface area contributed by atoms with Gasteiger partial charge in [0.25, 0.3) is 0 Å². The number of hydrogen-bond donors (Lipinski definition) is 1. The highest BCUT2D eigenvalue weighted by Crippen LogP contribution is 2.47. The molecule has 0 amide bonds. The standard InChI is InChI=1S/C22H22ClN3O/c1-22(9-4-10-22)20-19-16(24)11-14(13-7-8-13)12-18(19)26(21(27)25-20)17-6-3-2-5-15(17)23/h2-3,5-6,11-13H,4,7-10,24H2,1H3. The van der Waals surface area contributed by atoms with Crippen molar-refractivity contribution in [1.82, 2.24) is 9.55 Å². The monoisotopic (exact) mass is 379 g/mol. The highest BCUT2D eigenvalue weighted by atomic mass is 35.5. The van der Waals surface area contributed by atoms with Crippen LogP contribution in [0.15, 0.2) is 41.2 Å². The number of nitrogens with two attached hydrogens (primary N) is 1. The lowest BCUT2D eigenvalue weighted by Crippen LogP contribution is -2.36. The number of fused-ring (bicyclic) bond motifs is 1. The van der Waals surface area contributed by atoms with E-state index in [0.717, 1.165) is 35.9 Å². The van der Waals surface area contributed by atoms with Gasteiger partial charge in [0.2, 0.25) is 0 Å². The van der Waals surface area contributed by atoms with Crippen LogP contribution in [0, 0.1) is 0 Å². The van der Waals surface area contributed by atoms with E-state index in [-0.39, 0.29) is 11.1 Å². The molecule has 0 unspecified atom stereocenters. The second-order valence-electron chi connectivity index (χ2n) is 8.22. The number of rotatable bonds is 3. The van der Waals surface area contributed by atoms with Gasteiger partial charge in [-0.05, 0) is 61.4 Å². The molecule has 0 saturated heterocycles. The summed E-state index contributed by atoms with van der Waals surface area (Å²) in [5.74, 6) is 0.544. The number of halogens is 1. The highest BCUT2D eigenvalue weighted by molar-refractivity contribution is 6.32. The lowest BCUT2D eigenvalue weighted by molar-refractivity contribution is 0.266. The third-order valence-electron chi connectivity index (χ3n) is 6.22. The van der Waals surface area contributed by atoms with E-state index in [1.807, 2.05) is 18.2 Å². The zero-order valence-corrected chi connectivity index (χ0v) is 16.1. The van der Waals surface area contributed by atoms with Gasteiger partial charge >= 0.3 is 5.69 Å². The van der Waals surface area contributed by atoms with Crippen molar-refractivity contribution in [2.24, 2.45) is 0 Å². The van der Waals surface area contributed by atoms with Crippen LogP contribution in [0.25, 0.3) is 16.6 Å². The van der Waals surface area contributed by atoms with E-state index < -0.39 is 0 Å². The maximum atomic E-state index is 13.2. The van der Waals surface area contributed by atoms with Crippen LogP contribution in [-0.2, 0) is 5.41 Å². The Hall–Kier alpha value is -2.33. The van der Waals surface area contributed by atoms with Gasteiger partial charge < -0.3 is 5.73 Å². The lowest BCUT2D eigenvalue weighted by atomic mass is 9.67. The summed E-state index contributed by atoms with van der Waals surface area (Å²) in [5.41, 5.74) is 10.4. The van der Waals surface area contributed by atoms with Crippen molar-refractivity contribution in [2.45, 2.75) is 50.4 Å². The van der Waals surface area contributed by atoms with Gasteiger partial charge in [0.15, 0.2) is 0 Å². The van der Waals surface area contributed by atoms with E-state index in [1.54, 1.807) is 10.6 Å². The summed E-state index contributed by atoms with van der Waals surface area (Å²) in [6.45, 7) is 2.19. The molecule has 5 heteroatoms. The Morgan fingerprint density at radius 1 is 1.22 bits per heavy atom. The van der Waals surface area contributed by atoms with Gasteiger partial charge in [-0.1, -0.05) is 37.1 Å². The minimum atomic E-state index is -0.286. The molecule has 4 nitrogen and oxygen atoms in total. The molecule has 3 aromatic rings. The first-order chi connectivity index (χ1) is 13.0. The Morgan fingerprint density at radius 3 is 2.59 bits per heavy atom. The fourth-order valence-corrected chi connectivity index (χ4v) is 4.53. The topological polar surface area (TPSA) is 60.9 Å². The molecule has 1 aromatic heterocycles. The zero-order valence-electron chi connectivity index (χ0n) is 15.3. The van der Waals surface area contributed by atoms with E-state index in [0.29, 0.717) is 22.3 Å². The highest BCUT2D eigenvalue weighted by Gasteiger charge is 2.38. The molecule has 2 fully saturated rings. The lowest BCUT2D eigenvalue weighted by Gasteiger charge is -2.38. The molecular formula is C22H22ClN3O. The molecule has 0 spiro atoms. The van der Waals surface area contributed by atoms with Crippen LogP contribution in [0.1, 0.15) is 56.2 Å². The predicted molar refractivity (Wildman–Crippen MR) is 110 cm³/mol. The van der Waals surface area contributed by atoms with Crippen molar-refractivity contribution in [3.05, 3.63) is 63.2 Å². The number of hydrogen-bond acceptors (Lipinski definition) is 3. The Balaban J connectivity index is 1.90. The van der Waals surface area contributed by atoms with Crippen LogP contribution in [0.4, 0.5) is 5.69 Å². The Morgan fingerprint density at radius 2 is 1.96 bits per heavy atom. The first-order valence-electron chi connectivity index (χ1n) is 9.59. The number of para-hydroxylation sites is 1. The maximum absolute atomic E-state index is 13.2. The second-order valence-corrected chi connectivity index (χ2v) is 8.63. The van der Waals surface area contributed by atoms with E-state index in [2.05, 4.69) is 24.0 Å². The molecule has 2 N–H and O–H groups in total. The van der Waals surface area contributed by atoms with Gasteiger partial charge in [0.05, 0.1) is 21.9 Å². The molecular weight excluding hydrogens is 358 g/mol. The quantitative estimate of drug-likeness (QED) is 0.655. The smallest absolute Gasteiger partial charge is 0.352 e. The van der Waals surface area contributed by atoms with Gasteiger partial charge in [-0.25, -0.2) is 4.79 Å². The summed E-state index contributed by atoms with van der Waals surface area (Å²) in [4.78, 5) is 17.7. The van der Waals surface area contributed by atoms with Crippen LogP contribution in [0.3, 0.4) is 0 Å². The first-order valence-corrected chi connectivity index (χ1v) is 9.97. The van der Waals surface area contributed by atoms with E-state index in [4.69, 9.17) is 17.3 Å². The van der Waals surface area contributed by atoms with Crippen LogP contribution in [-0.4, -0.2) is 9.55 Å². The number of benzene rings is 2. The van der Waals surface area contributed by atoms with Gasteiger partial charge in [-0.3, -0.25) is 4.57 Å². The molecule has 27 heavy (non-hydrogen) atoms. The molecule has 0 aliphatic heterocycles. The summed E-state index contributed by atoms with van der Waals surface area (Å²) < 4.78 is 1.63. The molecule has 138 valence electrons. The van der Waals surface area contributed by atoms with Gasteiger partial charge in [0.1, 0.15) is 0 Å². The molecule has 0 radical (unpaired) electrons. The second kappa shape index (κ2) is 5.83. The fourth-order valence-electron chi connectivity index (χ4n) is 4.31. The van der Waals surface area contributed by atoms with Crippen molar-refractivity contribution >= 4 is 28.2 Å². The Kier molecular flexibility index (Phi) is 3.63. The minimum Gasteiger partial charge on any atom is -0.398 e. The van der Waals surface area contributed by atoms with Crippen molar-refractivity contribution in [3.63, 3.8) is 0 Å². The summed E-state index contributed by atoms with van der Waals surface area (Å²) in [6, 6.07) is 11.6. The van der Waals surface area contributed by atoms with Crippen molar-refractivity contribution in [2.75, 3.05) is 5.73 Å². The van der Waals surface area contributed by atoms with E-state index in [1.165, 1.54) is 18.4 Å². The summed E-state index contributed by atoms with van der Waals surface area (Å²) in [5, 5.41) is 1.43. The Bertz CT molecular complexity index is 1130. The number of anilines is 1. The fraction of sp³-hybridized carbons (Fsp3) is 0.364. The minimum absolute atomic E-state index is 0.0772. The van der Waals surface area contributed by atoms with Crippen LogP contribution in [0.5, 0.6) is 0 Å². The molecule has 2 aromatic carbocycles. The maximum Gasteiger partial charge on any atom is 0.352 e. The third kappa shape index (κ3) is 2.58. The predicted octanol–water partition coefficient (Wildman–Crippen LogP) is 4.94.